The number of anilines is 2. The predicted octanol–water partition coefficient (Wildman–Crippen LogP) is 7.61. The maximum absolute atomic E-state index is 13.5. The number of fused-ring (bicyclic) bond motifs is 5. The quantitative estimate of drug-likeness (QED) is 0.144. The Kier molecular flexibility index (Phi) is 6.36. The van der Waals surface area contributed by atoms with Crippen molar-refractivity contribution in [1.82, 2.24) is 0 Å². The lowest BCUT2D eigenvalue weighted by Crippen LogP contribution is -2.31. The van der Waals surface area contributed by atoms with E-state index in [1.165, 1.54) is 9.80 Å². The van der Waals surface area contributed by atoms with Crippen molar-refractivity contribution in [2.24, 2.45) is 0 Å². The Balaban J connectivity index is 1.16. The lowest BCUT2D eigenvalue weighted by molar-refractivity contribution is 0.0910. The molecule has 51 heavy (non-hydrogen) atoms. The van der Waals surface area contributed by atoms with Crippen molar-refractivity contribution in [2.45, 2.75) is 5.41 Å². The highest BCUT2D eigenvalue weighted by atomic mass is 16.2. The van der Waals surface area contributed by atoms with Gasteiger partial charge in [-0.15, -0.1) is 12.8 Å². The largest absolute Gasteiger partial charge is 0.268 e. The standard InChI is InChI=1S/C45H24N2O4/c1-3-27-13-23-35-37(25-27)43(50)46(41(35)48)31-19-15-29(16-20-31)45(39-11-7-5-9-33(39)34-10-6-8-12-40(34)45)30-17-21-32(22-18-30)47-42(49)36-24-14-28(4-2)26-38(36)44(47)51/h1-2,5-26H. The molecule has 6 aromatic rings. The highest BCUT2D eigenvalue weighted by Crippen LogP contribution is 2.56. The summed E-state index contributed by atoms with van der Waals surface area (Å²) in [5.74, 6) is 3.40. The van der Waals surface area contributed by atoms with E-state index in [1.807, 2.05) is 48.5 Å². The Morgan fingerprint density at radius 2 is 0.784 bits per heavy atom. The van der Waals surface area contributed by atoms with Gasteiger partial charge in [0.1, 0.15) is 0 Å². The van der Waals surface area contributed by atoms with Crippen molar-refractivity contribution in [2.75, 3.05) is 9.80 Å². The van der Waals surface area contributed by atoms with E-state index >= 15 is 0 Å². The zero-order valence-corrected chi connectivity index (χ0v) is 26.9. The average molecular weight is 657 g/mol. The van der Waals surface area contributed by atoms with Crippen LogP contribution in [0, 0.1) is 24.7 Å². The molecule has 6 nitrogen and oxygen atoms in total. The second-order valence-electron chi connectivity index (χ2n) is 12.6. The number of imide groups is 2. The van der Waals surface area contributed by atoms with E-state index in [4.69, 9.17) is 12.8 Å². The molecule has 0 saturated heterocycles. The summed E-state index contributed by atoms with van der Waals surface area (Å²) < 4.78 is 0. The minimum absolute atomic E-state index is 0.282. The summed E-state index contributed by atoms with van der Waals surface area (Å²) in [6.07, 6.45) is 11.1. The van der Waals surface area contributed by atoms with E-state index in [0.717, 1.165) is 33.4 Å². The van der Waals surface area contributed by atoms with Crippen LogP contribution < -0.4 is 9.80 Å². The first-order chi connectivity index (χ1) is 24.9. The molecule has 2 aliphatic heterocycles. The van der Waals surface area contributed by atoms with Gasteiger partial charge in [-0.2, -0.15) is 0 Å². The van der Waals surface area contributed by atoms with Gasteiger partial charge in [-0.1, -0.05) is 84.6 Å². The van der Waals surface area contributed by atoms with E-state index in [0.29, 0.717) is 33.6 Å². The normalized spacial score (nSPS) is 14.9. The molecular formula is C45H24N2O4. The summed E-state index contributed by atoms with van der Waals surface area (Å²) in [5, 5.41) is 0. The molecule has 6 aromatic carbocycles. The van der Waals surface area contributed by atoms with Gasteiger partial charge >= 0.3 is 0 Å². The molecule has 0 radical (unpaired) electrons. The Labute approximate surface area is 293 Å². The molecule has 0 saturated carbocycles. The van der Waals surface area contributed by atoms with E-state index < -0.39 is 29.0 Å². The summed E-state index contributed by atoms with van der Waals surface area (Å²) >= 11 is 0. The number of terminal acetylenes is 2. The zero-order valence-electron chi connectivity index (χ0n) is 26.9. The number of benzene rings is 6. The lowest BCUT2D eigenvalue weighted by atomic mass is 9.67. The van der Waals surface area contributed by atoms with Gasteiger partial charge in [0.2, 0.25) is 0 Å². The molecule has 3 aliphatic rings. The van der Waals surface area contributed by atoms with Crippen molar-refractivity contribution in [3.63, 3.8) is 0 Å². The number of carbonyl (C=O) groups is 4. The van der Waals surface area contributed by atoms with Crippen LogP contribution >= 0.6 is 0 Å². The Morgan fingerprint density at radius 3 is 1.18 bits per heavy atom. The molecule has 2 heterocycles. The Bertz CT molecular complexity index is 2450. The third-order valence-corrected chi connectivity index (χ3v) is 10.2. The Hall–Kier alpha value is -7.28. The summed E-state index contributed by atoms with van der Waals surface area (Å²) in [6.45, 7) is 0. The van der Waals surface area contributed by atoms with Gasteiger partial charge in [0, 0.05) is 11.1 Å². The van der Waals surface area contributed by atoms with Crippen LogP contribution in [-0.2, 0) is 5.41 Å². The second kappa shape index (κ2) is 10.9. The number of amides is 4. The van der Waals surface area contributed by atoms with Crippen molar-refractivity contribution in [1.29, 1.82) is 0 Å². The maximum Gasteiger partial charge on any atom is 0.266 e. The van der Waals surface area contributed by atoms with Crippen LogP contribution in [0.5, 0.6) is 0 Å². The third kappa shape index (κ3) is 4.02. The van der Waals surface area contributed by atoms with Gasteiger partial charge in [-0.05, 0) is 94.0 Å². The van der Waals surface area contributed by atoms with Crippen molar-refractivity contribution in [3.05, 3.63) is 189 Å². The van der Waals surface area contributed by atoms with Gasteiger partial charge in [0.25, 0.3) is 23.6 Å². The molecule has 0 unspecified atom stereocenters. The van der Waals surface area contributed by atoms with Crippen molar-refractivity contribution >= 4 is 35.0 Å². The first kappa shape index (κ1) is 29.8. The van der Waals surface area contributed by atoms with Crippen LogP contribution in [0.25, 0.3) is 11.1 Å². The van der Waals surface area contributed by atoms with E-state index in [9.17, 15) is 19.2 Å². The zero-order chi connectivity index (χ0) is 35.0. The molecule has 4 amide bonds. The third-order valence-electron chi connectivity index (χ3n) is 10.2. The molecule has 9 rings (SSSR count). The molecule has 0 spiro atoms. The highest BCUT2D eigenvalue weighted by molar-refractivity contribution is 6.35. The maximum atomic E-state index is 13.5. The van der Waals surface area contributed by atoms with Crippen LogP contribution in [0.2, 0.25) is 0 Å². The molecule has 0 atom stereocenters. The topological polar surface area (TPSA) is 74.8 Å². The van der Waals surface area contributed by atoms with Crippen LogP contribution in [0.3, 0.4) is 0 Å². The summed E-state index contributed by atoms with van der Waals surface area (Å²) in [4.78, 5) is 56.2. The fourth-order valence-electron chi connectivity index (χ4n) is 7.87. The summed E-state index contributed by atoms with van der Waals surface area (Å²) in [6, 6.07) is 41.1. The Morgan fingerprint density at radius 1 is 0.412 bits per heavy atom. The fraction of sp³-hybridized carbons (Fsp3) is 0.0222. The second-order valence-corrected chi connectivity index (χ2v) is 12.6. The molecule has 0 bridgehead atoms. The van der Waals surface area contributed by atoms with Crippen LogP contribution in [-0.4, -0.2) is 23.6 Å². The van der Waals surface area contributed by atoms with Crippen LogP contribution in [0.15, 0.2) is 133 Å². The molecule has 0 aromatic heterocycles. The fourth-order valence-corrected chi connectivity index (χ4v) is 7.87. The van der Waals surface area contributed by atoms with Crippen molar-refractivity contribution < 1.29 is 19.2 Å². The number of nitrogens with zero attached hydrogens (tertiary/aromatic N) is 2. The predicted molar refractivity (Wildman–Crippen MR) is 195 cm³/mol. The first-order valence-electron chi connectivity index (χ1n) is 16.3. The summed E-state index contributed by atoms with van der Waals surface area (Å²) in [7, 11) is 0. The lowest BCUT2D eigenvalue weighted by Gasteiger charge is -2.34. The number of hydrogen-bond acceptors (Lipinski definition) is 4. The minimum Gasteiger partial charge on any atom is -0.268 e. The number of hydrogen-bond donors (Lipinski definition) is 0. The monoisotopic (exact) mass is 656 g/mol. The number of rotatable bonds is 4. The van der Waals surface area contributed by atoms with E-state index in [1.54, 1.807) is 60.7 Å². The van der Waals surface area contributed by atoms with Gasteiger partial charge in [-0.3, -0.25) is 19.2 Å². The average Bonchev–Trinajstić information content (AvgIpc) is 3.72. The van der Waals surface area contributed by atoms with E-state index in [2.05, 4.69) is 36.1 Å². The number of carbonyl (C=O) groups excluding carboxylic acids is 4. The SMILES string of the molecule is C#Cc1ccc2c(c1)C(=O)N(c1ccc(C3(c4ccc(N5C(=O)c6ccc(C#C)cc6C5=O)cc4)c4ccccc4-c4ccccc43)cc1)C2=O. The minimum atomic E-state index is -0.808. The van der Waals surface area contributed by atoms with Gasteiger partial charge in [0.05, 0.1) is 39.0 Å². The smallest absolute Gasteiger partial charge is 0.266 e. The molecule has 238 valence electrons. The van der Waals surface area contributed by atoms with Crippen LogP contribution in [0.4, 0.5) is 11.4 Å². The molecule has 0 N–H and O–H groups in total. The highest BCUT2D eigenvalue weighted by Gasteiger charge is 2.47. The summed E-state index contributed by atoms with van der Waals surface area (Å²) in [5.41, 5.74) is 8.40. The molecular weight excluding hydrogens is 633 g/mol. The van der Waals surface area contributed by atoms with Crippen molar-refractivity contribution in [3.8, 4) is 35.8 Å². The van der Waals surface area contributed by atoms with Gasteiger partial charge < -0.3 is 0 Å². The molecule has 0 fully saturated rings. The van der Waals surface area contributed by atoms with Crippen LogP contribution in [0.1, 0.15) is 74.8 Å². The molecule has 1 aliphatic carbocycles. The first-order valence-corrected chi connectivity index (χ1v) is 16.3. The van der Waals surface area contributed by atoms with E-state index in [-0.39, 0.29) is 11.1 Å². The molecule has 6 heteroatoms. The van der Waals surface area contributed by atoms with Gasteiger partial charge in [0.15, 0.2) is 0 Å². The van der Waals surface area contributed by atoms with Gasteiger partial charge in [-0.25, -0.2) is 9.80 Å².